The third-order valence-corrected chi connectivity index (χ3v) is 4.14. The van der Waals surface area contributed by atoms with E-state index in [1.165, 1.54) is 7.11 Å². The minimum atomic E-state index is -0.853. The standard InChI is InChI=1S/C18H25N3O5/c1-18(11-26-18)16(23)14(8-12-6-4-3-5-7-12)21-15(22)9-20-17(24)13(19)10-25-2/h3-7,13-14H,8-11,19H2,1-2H3,(H,20,24)(H,21,22). The summed E-state index contributed by atoms with van der Waals surface area (Å²) in [6.45, 7) is 1.82. The maximum absolute atomic E-state index is 12.6. The van der Waals surface area contributed by atoms with Gasteiger partial charge in [0.25, 0.3) is 0 Å². The Morgan fingerprint density at radius 1 is 1.31 bits per heavy atom. The zero-order valence-electron chi connectivity index (χ0n) is 15.0. The number of epoxide rings is 1. The van der Waals surface area contributed by atoms with Crippen LogP contribution in [0.3, 0.4) is 0 Å². The van der Waals surface area contributed by atoms with Gasteiger partial charge in [-0.15, -0.1) is 0 Å². The number of Topliss-reactive ketones (excluding diaryl/α,β-unsaturated/α-hetero) is 1. The van der Waals surface area contributed by atoms with Gasteiger partial charge in [-0.05, 0) is 18.9 Å². The van der Waals surface area contributed by atoms with Crippen LogP contribution in [-0.4, -0.2) is 62.2 Å². The predicted octanol–water partition coefficient (Wildman–Crippen LogP) is -0.838. The lowest BCUT2D eigenvalue weighted by Gasteiger charge is -2.20. The minimum Gasteiger partial charge on any atom is -0.383 e. The second-order valence-electron chi connectivity index (χ2n) is 6.47. The monoisotopic (exact) mass is 363 g/mol. The third-order valence-electron chi connectivity index (χ3n) is 4.14. The van der Waals surface area contributed by atoms with Crippen molar-refractivity contribution in [3.8, 4) is 0 Å². The molecule has 0 radical (unpaired) electrons. The van der Waals surface area contributed by atoms with Gasteiger partial charge in [0, 0.05) is 7.11 Å². The molecular formula is C18H25N3O5. The fourth-order valence-corrected chi connectivity index (χ4v) is 2.48. The van der Waals surface area contributed by atoms with Crippen molar-refractivity contribution in [2.45, 2.75) is 31.0 Å². The summed E-state index contributed by atoms with van der Waals surface area (Å²) in [5.41, 5.74) is 5.66. The molecule has 1 aliphatic rings. The van der Waals surface area contributed by atoms with Crippen LogP contribution in [0.4, 0.5) is 0 Å². The van der Waals surface area contributed by atoms with Crippen LogP contribution >= 0.6 is 0 Å². The minimum absolute atomic E-state index is 0.0538. The average Bonchev–Trinajstić information content (AvgIpc) is 3.38. The van der Waals surface area contributed by atoms with Crippen molar-refractivity contribution in [3.63, 3.8) is 0 Å². The lowest BCUT2D eigenvalue weighted by molar-refractivity contribution is -0.131. The normalized spacial score (nSPS) is 20.7. The number of benzene rings is 1. The fraction of sp³-hybridized carbons (Fsp3) is 0.500. The Hall–Kier alpha value is -2.29. The Bertz CT molecular complexity index is 645. The van der Waals surface area contributed by atoms with E-state index in [4.69, 9.17) is 15.2 Å². The maximum atomic E-state index is 12.6. The topological polar surface area (TPSA) is 123 Å². The first-order valence-electron chi connectivity index (χ1n) is 8.39. The zero-order valence-corrected chi connectivity index (χ0v) is 15.0. The van der Waals surface area contributed by atoms with Gasteiger partial charge < -0.3 is 25.8 Å². The van der Waals surface area contributed by atoms with E-state index in [2.05, 4.69) is 10.6 Å². The molecule has 0 saturated carbocycles. The van der Waals surface area contributed by atoms with Crippen molar-refractivity contribution < 1.29 is 23.9 Å². The van der Waals surface area contributed by atoms with Crippen LogP contribution in [0.2, 0.25) is 0 Å². The maximum Gasteiger partial charge on any atom is 0.239 e. The summed E-state index contributed by atoms with van der Waals surface area (Å²) >= 11 is 0. The van der Waals surface area contributed by atoms with E-state index in [1.807, 2.05) is 30.3 Å². The zero-order chi connectivity index (χ0) is 19.2. The molecule has 1 aromatic rings. The molecule has 1 fully saturated rings. The van der Waals surface area contributed by atoms with Crippen LogP contribution in [0.1, 0.15) is 12.5 Å². The van der Waals surface area contributed by atoms with Crippen LogP contribution in [0.25, 0.3) is 0 Å². The van der Waals surface area contributed by atoms with Crippen molar-refractivity contribution in [1.82, 2.24) is 10.6 Å². The van der Waals surface area contributed by atoms with Gasteiger partial charge >= 0.3 is 0 Å². The molecule has 0 aliphatic carbocycles. The van der Waals surface area contributed by atoms with Crippen molar-refractivity contribution in [2.24, 2.45) is 5.73 Å². The lowest BCUT2D eigenvalue weighted by Crippen LogP contribution is -2.51. The molecule has 8 heteroatoms. The number of carbonyl (C=O) groups excluding carboxylic acids is 3. The van der Waals surface area contributed by atoms with Gasteiger partial charge in [-0.2, -0.15) is 0 Å². The highest BCUT2D eigenvalue weighted by Gasteiger charge is 2.50. The van der Waals surface area contributed by atoms with Gasteiger partial charge in [0.15, 0.2) is 5.78 Å². The third kappa shape index (κ3) is 5.62. The highest BCUT2D eigenvalue weighted by molar-refractivity contribution is 5.97. The first kappa shape index (κ1) is 20.0. The number of hydrogen-bond donors (Lipinski definition) is 3. The number of amides is 2. The molecule has 3 unspecified atom stereocenters. The number of rotatable bonds is 10. The second-order valence-corrected chi connectivity index (χ2v) is 6.47. The van der Waals surface area contributed by atoms with E-state index >= 15 is 0 Å². The summed E-state index contributed by atoms with van der Waals surface area (Å²) in [7, 11) is 1.43. The Labute approximate surface area is 152 Å². The molecule has 0 spiro atoms. The summed E-state index contributed by atoms with van der Waals surface area (Å²) in [6.07, 6.45) is 0.349. The van der Waals surface area contributed by atoms with Crippen molar-refractivity contribution >= 4 is 17.6 Å². The van der Waals surface area contributed by atoms with E-state index in [1.54, 1.807) is 6.92 Å². The van der Waals surface area contributed by atoms with Crippen molar-refractivity contribution in [3.05, 3.63) is 35.9 Å². The molecule has 1 aliphatic heterocycles. The van der Waals surface area contributed by atoms with E-state index in [9.17, 15) is 14.4 Å². The molecule has 2 rings (SSSR count). The van der Waals surface area contributed by atoms with E-state index < -0.39 is 29.5 Å². The number of methoxy groups -OCH3 is 1. The highest BCUT2D eigenvalue weighted by Crippen LogP contribution is 2.29. The predicted molar refractivity (Wildman–Crippen MR) is 94.3 cm³/mol. The van der Waals surface area contributed by atoms with E-state index in [0.717, 1.165) is 5.56 Å². The van der Waals surface area contributed by atoms with Gasteiger partial charge in [0.05, 0.1) is 25.8 Å². The fourth-order valence-electron chi connectivity index (χ4n) is 2.48. The lowest BCUT2D eigenvalue weighted by atomic mass is 9.95. The first-order chi connectivity index (χ1) is 12.4. The summed E-state index contributed by atoms with van der Waals surface area (Å²) in [5, 5.41) is 5.11. The van der Waals surface area contributed by atoms with Gasteiger partial charge in [0.1, 0.15) is 11.6 Å². The average molecular weight is 363 g/mol. The molecule has 0 bridgehead atoms. The molecular weight excluding hydrogens is 338 g/mol. The quantitative estimate of drug-likeness (QED) is 0.466. The molecule has 8 nitrogen and oxygen atoms in total. The molecule has 26 heavy (non-hydrogen) atoms. The number of nitrogens with two attached hydrogens (primary N) is 1. The van der Waals surface area contributed by atoms with Crippen LogP contribution in [0.5, 0.6) is 0 Å². The summed E-state index contributed by atoms with van der Waals surface area (Å²) in [5.74, 6) is -1.15. The Balaban J connectivity index is 1.94. The van der Waals surface area contributed by atoms with Crippen molar-refractivity contribution in [1.29, 1.82) is 0 Å². The van der Waals surface area contributed by atoms with Crippen LogP contribution in [0.15, 0.2) is 30.3 Å². The number of ether oxygens (including phenoxy) is 2. The molecule has 1 aromatic carbocycles. The Morgan fingerprint density at radius 2 is 1.96 bits per heavy atom. The Kier molecular flexibility index (Phi) is 6.84. The molecule has 1 heterocycles. The van der Waals surface area contributed by atoms with Crippen molar-refractivity contribution in [2.75, 3.05) is 26.9 Å². The molecule has 1 saturated heterocycles. The van der Waals surface area contributed by atoms with Crippen LogP contribution < -0.4 is 16.4 Å². The van der Waals surface area contributed by atoms with Gasteiger partial charge in [-0.1, -0.05) is 30.3 Å². The number of nitrogens with one attached hydrogen (secondary N) is 2. The largest absolute Gasteiger partial charge is 0.383 e. The Morgan fingerprint density at radius 3 is 2.54 bits per heavy atom. The van der Waals surface area contributed by atoms with Crippen LogP contribution in [0, 0.1) is 0 Å². The molecule has 3 atom stereocenters. The summed E-state index contributed by atoms with van der Waals surface area (Å²) in [4.78, 5) is 36.6. The number of hydrogen-bond acceptors (Lipinski definition) is 6. The summed E-state index contributed by atoms with van der Waals surface area (Å²) in [6, 6.07) is 7.79. The first-order valence-corrected chi connectivity index (χ1v) is 8.39. The van der Waals surface area contributed by atoms with E-state index in [0.29, 0.717) is 13.0 Å². The highest BCUT2D eigenvalue weighted by atomic mass is 16.6. The number of carbonyl (C=O) groups is 3. The van der Waals surface area contributed by atoms with E-state index in [-0.39, 0.29) is 18.9 Å². The van der Waals surface area contributed by atoms with Gasteiger partial charge in [-0.3, -0.25) is 14.4 Å². The molecule has 2 amide bonds. The number of ketones is 1. The smallest absolute Gasteiger partial charge is 0.239 e. The van der Waals surface area contributed by atoms with Gasteiger partial charge in [-0.25, -0.2) is 0 Å². The molecule has 142 valence electrons. The molecule has 0 aromatic heterocycles. The molecule has 4 N–H and O–H groups in total. The van der Waals surface area contributed by atoms with Gasteiger partial charge in [0.2, 0.25) is 11.8 Å². The summed E-state index contributed by atoms with van der Waals surface area (Å²) < 4.78 is 10.0. The SMILES string of the molecule is COCC(N)C(=O)NCC(=O)NC(Cc1ccccc1)C(=O)C1(C)CO1. The second kappa shape index (κ2) is 8.88. The van der Waals surface area contributed by atoms with Crippen LogP contribution in [-0.2, 0) is 30.3 Å².